The third-order valence-electron chi connectivity index (χ3n) is 5.50. The summed E-state index contributed by atoms with van der Waals surface area (Å²) in [6.45, 7) is 3.44. The fraction of sp³-hybridized carbons (Fsp3) is 0.208. The first-order chi connectivity index (χ1) is 15.2. The van der Waals surface area contributed by atoms with Crippen LogP contribution in [0.4, 0.5) is 11.4 Å². The van der Waals surface area contributed by atoms with Gasteiger partial charge in [-0.25, -0.2) is 8.42 Å². The molecule has 0 aliphatic carbocycles. The minimum atomic E-state index is -4.06. The molecule has 0 N–H and O–H groups in total. The molecule has 3 aromatic carbocycles. The molecule has 32 heavy (non-hydrogen) atoms. The Hall–Kier alpha value is -2.54. The maximum Gasteiger partial charge on any atom is 0.264 e. The van der Waals surface area contributed by atoms with Gasteiger partial charge in [0.2, 0.25) is 5.91 Å². The zero-order valence-corrected chi connectivity index (χ0v) is 20.0. The lowest BCUT2D eigenvalue weighted by atomic mass is 10.1. The minimum absolute atomic E-state index is 0.0771. The second-order valence-electron chi connectivity index (χ2n) is 7.90. The number of fused-ring (bicyclic) bond motifs is 1. The van der Waals surface area contributed by atoms with Gasteiger partial charge in [0, 0.05) is 21.8 Å². The van der Waals surface area contributed by atoms with Crippen molar-refractivity contribution in [3.63, 3.8) is 0 Å². The van der Waals surface area contributed by atoms with Gasteiger partial charge in [-0.1, -0.05) is 59.1 Å². The molecule has 1 amide bonds. The molecule has 0 saturated carbocycles. The lowest BCUT2D eigenvalue weighted by Gasteiger charge is -2.29. The van der Waals surface area contributed by atoms with Crippen molar-refractivity contribution in [1.82, 2.24) is 0 Å². The van der Waals surface area contributed by atoms with Gasteiger partial charge in [-0.05, 0) is 62.2 Å². The third-order valence-corrected chi connectivity index (χ3v) is 7.72. The van der Waals surface area contributed by atoms with Gasteiger partial charge in [0.1, 0.15) is 6.54 Å². The highest BCUT2D eigenvalue weighted by Gasteiger charge is 2.34. The van der Waals surface area contributed by atoms with E-state index in [2.05, 4.69) is 0 Å². The molecule has 1 aliphatic heterocycles. The Morgan fingerprint density at radius 1 is 1.03 bits per heavy atom. The first kappa shape index (κ1) is 22.6. The number of amides is 1. The standard InChI is InChI=1S/C24H22Cl2N2O3S/c1-16-7-9-22(10-8-16)32(30,31)27(21-13-19(25)12-20(26)14-21)15-24(29)28-17(2)11-18-5-3-4-6-23(18)28/h3-10,12-14,17H,11,15H2,1-2H3/t17-/m1/s1. The average molecular weight is 489 g/mol. The number of sulfonamides is 1. The van der Waals surface area contributed by atoms with Crippen molar-refractivity contribution in [3.8, 4) is 0 Å². The molecule has 3 aromatic rings. The van der Waals surface area contributed by atoms with Crippen LogP contribution in [0, 0.1) is 6.92 Å². The second-order valence-corrected chi connectivity index (χ2v) is 10.6. The molecule has 166 valence electrons. The number of hydrogen-bond donors (Lipinski definition) is 0. The molecule has 0 spiro atoms. The van der Waals surface area contributed by atoms with Gasteiger partial charge in [0.15, 0.2) is 0 Å². The van der Waals surface area contributed by atoms with E-state index >= 15 is 0 Å². The molecule has 1 heterocycles. The highest BCUT2D eigenvalue weighted by Crippen LogP contribution is 2.34. The van der Waals surface area contributed by atoms with Crippen LogP contribution in [0.15, 0.2) is 71.6 Å². The first-order valence-corrected chi connectivity index (χ1v) is 12.3. The van der Waals surface area contributed by atoms with Crippen LogP contribution in [0.3, 0.4) is 0 Å². The van der Waals surface area contributed by atoms with E-state index in [0.717, 1.165) is 27.5 Å². The maximum atomic E-state index is 13.6. The highest BCUT2D eigenvalue weighted by atomic mass is 35.5. The van der Waals surface area contributed by atoms with Crippen LogP contribution >= 0.6 is 23.2 Å². The van der Waals surface area contributed by atoms with Gasteiger partial charge in [0.25, 0.3) is 10.0 Å². The number of aryl methyl sites for hydroxylation is 1. The smallest absolute Gasteiger partial charge is 0.264 e. The van der Waals surface area contributed by atoms with E-state index in [4.69, 9.17) is 23.2 Å². The van der Waals surface area contributed by atoms with E-state index < -0.39 is 10.0 Å². The number of anilines is 2. The Balaban J connectivity index is 1.76. The molecule has 0 bridgehead atoms. The second kappa shape index (κ2) is 8.77. The van der Waals surface area contributed by atoms with Gasteiger partial charge in [-0.3, -0.25) is 9.10 Å². The van der Waals surface area contributed by atoms with Gasteiger partial charge in [-0.2, -0.15) is 0 Å². The number of hydrogen-bond acceptors (Lipinski definition) is 3. The third kappa shape index (κ3) is 4.35. The summed E-state index contributed by atoms with van der Waals surface area (Å²) in [5, 5.41) is 0.563. The van der Waals surface area contributed by atoms with Gasteiger partial charge in [-0.15, -0.1) is 0 Å². The maximum absolute atomic E-state index is 13.6. The van der Waals surface area contributed by atoms with Crippen molar-refractivity contribution in [2.24, 2.45) is 0 Å². The number of benzene rings is 3. The van der Waals surface area contributed by atoms with Crippen LogP contribution in [0.25, 0.3) is 0 Å². The summed E-state index contributed by atoms with van der Waals surface area (Å²) in [6.07, 6.45) is 0.718. The predicted octanol–water partition coefficient (Wildman–Crippen LogP) is 5.47. The molecule has 5 nitrogen and oxygen atoms in total. The Morgan fingerprint density at radius 3 is 2.31 bits per heavy atom. The van der Waals surface area contributed by atoms with Crippen molar-refractivity contribution in [2.45, 2.75) is 31.2 Å². The van der Waals surface area contributed by atoms with Gasteiger partial charge >= 0.3 is 0 Å². The largest absolute Gasteiger partial charge is 0.307 e. The molecular weight excluding hydrogens is 467 g/mol. The average Bonchev–Trinajstić information content (AvgIpc) is 3.07. The summed E-state index contributed by atoms with van der Waals surface area (Å²) >= 11 is 12.3. The molecule has 0 fully saturated rings. The van der Waals surface area contributed by atoms with Crippen molar-refractivity contribution in [1.29, 1.82) is 0 Å². The number of halogens is 2. The van der Waals surface area contributed by atoms with Gasteiger partial charge in [0.05, 0.1) is 10.6 Å². The van der Waals surface area contributed by atoms with Crippen molar-refractivity contribution < 1.29 is 13.2 Å². The van der Waals surface area contributed by atoms with Crippen LogP contribution in [-0.4, -0.2) is 26.9 Å². The van der Waals surface area contributed by atoms with E-state index in [1.54, 1.807) is 17.0 Å². The topological polar surface area (TPSA) is 57.7 Å². The molecule has 0 saturated heterocycles. The molecule has 1 atom stereocenters. The number of rotatable bonds is 5. The zero-order chi connectivity index (χ0) is 23.0. The molecule has 4 rings (SSSR count). The Morgan fingerprint density at radius 2 is 1.66 bits per heavy atom. The first-order valence-electron chi connectivity index (χ1n) is 10.1. The van der Waals surface area contributed by atoms with Crippen LogP contribution in [0.1, 0.15) is 18.1 Å². The van der Waals surface area contributed by atoms with Crippen LogP contribution in [-0.2, 0) is 21.2 Å². The summed E-state index contributed by atoms with van der Waals surface area (Å²) in [6, 6.07) is 18.6. The van der Waals surface area contributed by atoms with E-state index in [-0.39, 0.29) is 39.1 Å². The quantitative estimate of drug-likeness (QED) is 0.477. The van der Waals surface area contributed by atoms with E-state index in [1.807, 2.05) is 38.1 Å². The molecule has 0 unspecified atom stereocenters. The van der Waals surface area contributed by atoms with Gasteiger partial charge < -0.3 is 4.90 Å². The number of nitrogens with zero attached hydrogens (tertiary/aromatic N) is 2. The van der Waals surface area contributed by atoms with Crippen LogP contribution in [0.5, 0.6) is 0 Å². The number of carbonyl (C=O) groups excluding carboxylic acids is 1. The Bertz CT molecular complexity index is 1260. The highest BCUT2D eigenvalue weighted by molar-refractivity contribution is 7.92. The number of carbonyl (C=O) groups is 1. The summed E-state index contributed by atoms with van der Waals surface area (Å²) in [5.74, 6) is -0.325. The lowest BCUT2D eigenvalue weighted by Crippen LogP contribution is -2.45. The van der Waals surface area contributed by atoms with Crippen molar-refractivity contribution >= 4 is 50.5 Å². The van der Waals surface area contributed by atoms with Crippen molar-refractivity contribution in [3.05, 3.63) is 87.9 Å². The van der Waals surface area contributed by atoms with E-state index in [1.165, 1.54) is 30.3 Å². The van der Waals surface area contributed by atoms with Crippen molar-refractivity contribution in [2.75, 3.05) is 15.7 Å². The SMILES string of the molecule is Cc1ccc(S(=O)(=O)N(CC(=O)N2c3ccccc3C[C@H]2C)c2cc(Cl)cc(Cl)c2)cc1. The fourth-order valence-corrected chi connectivity index (χ4v) is 5.89. The molecule has 0 radical (unpaired) electrons. The van der Waals surface area contributed by atoms with Crippen LogP contribution < -0.4 is 9.21 Å². The molecular formula is C24H22Cl2N2O3S. The fourth-order valence-electron chi connectivity index (χ4n) is 3.98. The summed E-state index contributed by atoms with van der Waals surface area (Å²) in [5.41, 5.74) is 3.03. The van der Waals surface area contributed by atoms with E-state index in [9.17, 15) is 13.2 Å². The minimum Gasteiger partial charge on any atom is -0.307 e. The Kier molecular flexibility index (Phi) is 6.21. The summed E-state index contributed by atoms with van der Waals surface area (Å²) < 4.78 is 28.3. The zero-order valence-electron chi connectivity index (χ0n) is 17.6. The molecule has 8 heteroatoms. The van der Waals surface area contributed by atoms with E-state index in [0.29, 0.717) is 0 Å². The predicted molar refractivity (Wildman–Crippen MR) is 129 cm³/mol. The number of para-hydroxylation sites is 1. The summed E-state index contributed by atoms with van der Waals surface area (Å²) in [4.78, 5) is 15.2. The normalized spacial score (nSPS) is 15.5. The molecule has 0 aromatic heterocycles. The molecule has 1 aliphatic rings. The Labute approximate surface area is 198 Å². The van der Waals surface area contributed by atoms with Crippen LogP contribution in [0.2, 0.25) is 10.0 Å². The summed E-state index contributed by atoms with van der Waals surface area (Å²) in [7, 11) is -4.06. The lowest BCUT2D eigenvalue weighted by molar-refractivity contribution is -0.117. The monoisotopic (exact) mass is 488 g/mol.